The number of esters is 1. The monoisotopic (exact) mass is 739 g/mol. The van der Waals surface area contributed by atoms with Crippen LogP contribution in [0.4, 0.5) is 4.79 Å². The van der Waals surface area contributed by atoms with Crippen LogP contribution in [0.2, 0.25) is 37.8 Å². The minimum absolute atomic E-state index is 0.0172. The Morgan fingerprint density at radius 1 is 0.980 bits per heavy atom. The third kappa shape index (κ3) is 12.5. The Hall–Kier alpha value is -2.65. The standard InChI is InChI=1S/C42H69NO6Si2/c1-28(2)34-26-36(49-41(45)43(29(3)4)30(5)6)32(8)38(35(34)27-47-51(16,17)42(9,10)11)37(25-31(7)23-24-50(13,14)15)48-40(44)39(46-12)33-21-19-18-20-22-33/h18-22,25,28-30,34-35,37-39H,26-27H2,1-17H3/b31-25+/t34-,35-,37+,38+,39-/m1/s1. The van der Waals surface area contributed by atoms with Gasteiger partial charge in [0, 0.05) is 38.1 Å². The van der Waals surface area contributed by atoms with Crippen LogP contribution < -0.4 is 0 Å². The number of hydrogen-bond acceptors (Lipinski definition) is 6. The zero-order valence-electron chi connectivity index (χ0n) is 34.9. The van der Waals surface area contributed by atoms with Crippen molar-refractivity contribution in [2.24, 2.45) is 23.7 Å². The predicted octanol–water partition coefficient (Wildman–Crippen LogP) is 10.6. The van der Waals surface area contributed by atoms with E-state index in [1.165, 1.54) is 7.11 Å². The quantitative estimate of drug-likeness (QED) is 0.114. The van der Waals surface area contributed by atoms with E-state index in [1.807, 2.05) is 78.0 Å². The van der Waals surface area contributed by atoms with Crippen LogP contribution in [0.25, 0.3) is 0 Å². The fraction of sp³-hybridized carbons (Fsp3) is 0.667. The SMILES string of the molecule is CO[C@@H](C(=O)O[C@@H](/C=C(\C)C#C[Si](C)(C)C)[C@H]1C(C)=C(OC(=O)N(C(C)C)C(C)C)C[C@H](C(C)C)[C@H]1CO[Si](C)(C)C(C)(C)C)c1ccccc1. The van der Waals surface area contributed by atoms with Gasteiger partial charge in [0.15, 0.2) is 14.4 Å². The van der Waals surface area contributed by atoms with Gasteiger partial charge in [-0.15, -0.1) is 5.54 Å². The van der Waals surface area contributed by atoms with E-state index >= 15 is 0 Å². The molecule has 0 saturated heterocycles. The first-order chi connectivity index (χ1) is 23.4. The molecular weight excluding hydrogens is 671 g/mol. The van der Waals surface area contributed by atoms with E-state index in [2.05, 4.69) is 78.8 Å². The molecule has 1 aromatic rings. The molecule has 5 atom stereocenters. The zero-order valence-corrected chi connectivity index (χ0v) is 36.9. The van der Waals surface area contributed by atoms with Crippen molar-refractivity contribution in [3.8, 4) is 11.5 Å². The first-order valence-electron chi connectivity index (χ1n) is 18.7. The van der Waals surface area contributed by atoms with Gasteiger partial charge >= 0.3 is 12.1 Å². The Bertz CT molecular complexity index is 1430. The molecule has 0 aromatic heterocycles. The second-order valence-corrected chi connectivity index (χ2v) is 27.3. The Morgan fingerprint density at radius 3 is 2.02 bits per heavy atom. The molecule has 7 nitrogen and oxygen atoms in total. The predicted molar refractivity (Wildman–Crippen MR) is 215 cm³/mol. The van der Waals surface area contributed by atoms with Crippen LogP contribution in [0.1, 0.15) is 94.2 Å². The van der Waals surface area contributed by atoms with E-state index in [0.717, 1.165) is 11.1 Å². The third-order valence-corrected chi connectivity index (χ3v) is 15.8. The Morgan fingerprint density at radius 2 is 1.55 bits per heavy atom. The normalized spacial score (nSPS) is 20.2. The molecule has 0 fully saturated rings. The molecule has 0 aliphatic heterocycles. The summed E-state index contributed by atoms with van der Waals surface area (Å²) >= 11 is 0. The van der Waals surface area contributed by atoms with Crippen molar-refractivity contribution in [1.82, 2.24) is 4.90 Å². The van der Waals surface area contributed by atoms with Crippen molar-refractivity contribution < 1.29 is 28.2 Å². The van der Waals surface area contributed by atoms with Crippen LogP contribution in [-0.4, -0.2) is 65.3 Å². The zero-order chi connectivity index (χ0) is 39.1. The molecule has 9 heteroatoms. The van der Waals surface area contributed by atoms with Gasteiger partial charge in [-0.3, -0.25) is 0 Å². The highest BCUT2D eigenvalue weighted by Gasteiger charge is 2.47. The molecule has 0 unspecified atom stereocenters. The lowest BCUT2D eigenvalue weighted by molar-refractivity contribution is -0.162. The van der Waals surface area contributed by atoms with Gasteiger partial charge in [0.1, 0.15) is 19.9 Å². The largest absolute Gasteiger partial charge is 0.455 e. The van der Waals surface area contributed by atoms with Gasteiger partial charge in [-0.1, -0.05) is 90.5 Å². The van der Waals surface area contributed by atoms with E-state index in [4.69, 9.17) is 18.6 Å². The summed E-state index contributed by atoms with van der Waals surface area (Å²) in [6.07, 6.45) is 0.590. The number of methoxy groups -OCH3 is 1. The summed E-state index contributed by atoms with van der Waals surface area (Å²) in [7, 11) is -2.32. The smallest absolute Gasteiger partial charge is 0.415 e. The van der Waals surface area contributed by atoms with Crippen molar-refractivity contribution in [3.05, 3.63) is 58.9 Å². The first-order valence-corrected chi connectivity index (χ1v) is 25.2. The highest BCUT2D eigenvalue weighted by Crippen LogP contribution is 2.47. The summed E-state index contributed by atoms with van der Waals surface area (Å²) in [6, 6.07) is 9.36. The average molecular weight is 740 g/mol. The van der Waals surface area contributed by atoms with Gasteiger partial charge in [0.2, 0.25) is 0 Å². The highest BCUT2D eigenvalue weighted by atomic mass is 28.4. The Labute approximate surface area is 313 Å². The Kier molecular flexibility index (Phi) is 16.1. The minimum atomic E-state index is -2.16. The number of hydrogen-bond donors (Lipinski definition) is 0. The molecular formula is C42H69NO6Si2. The molecule has 1 aliphatic rings. The molecule has 2 rings (SSSR count). The average Bonchev–Trinajstić information content (AvgIpc) is 2.99. The second-order valence-electron chi connectivity index (χ2n) is 17.7. The molecule has 1 amide bonds. The van der Waals surface area contributed by atoms with Crippen molar-refractivity contribution in [2.45, 2.75) is 145 Å². The maximum atomic E-state index is 14.2. The minimum Gasteiger partial charge on any atom is -0.455 e. The molecule has 0 radical (unpaired) electrons. The van der Waals surface area contributed by atoms with Gasteiger partial charge < -0.3 is 23.5 Å². The number of rotatable bonds is 13. The van der Waals surface area contributed by atoms with Crippen LogP contribution in [0.3, 0.4) is 0 Å². The van der Waals surface area contributed by atoms with Crippen LogP contribution in [-0.2, 0) is 23.4 Å². The summed E-state index contributed by atoms with van der Waals surface area (Å²) in [5.41, 5.74) is 5.91. The summed E-state index contributed by atoms with van der Waals surface area (Å²) in [5, 5.41) is 0.0172. The fourth-order valence-electron chi connectivity index (χ4n) is 6.54. The number of allylic oxidation sites excluding steroid dienone is 2. The number of benzene rings is 1. The lowest BCUT2D eigenvalue weighted by atomic mass is 9.66. The third-order valence-electron chi connectivity index (χ3n) is 10.4. The number of nitrogens with zero attached hydrogens (tertiary/aromatic N) is 1. The van der Waals surface area contributed by atoms with Gasteiger partial charge in [0.05, 0.1) is 0 Å². The van der Waals surface area contributed by atoms with Gasteiger partial charge in [-0.05, 0) is 100 Å². The molecule has 0 bridgehead atoms. The van der Waals surface area contributed by atoms with Gasteiger partial charge in [0.25, 0.3) is 0 Å². The first kappa shape index (κ1) is 44.5. The van der Waals surface area contributed by atoms with Crippen LogP contribution in [0.15, 0.2) is 53.3 Å². The van der Waals surface area contributed by atoms with E-state index in [-0.39, 0.29) is 46.9 Å². The van der Waals surface area contributed by atoms with Crippen molar-refractivity contribution in [3.63, 3.8) is 0 Å². The molecule has 0 saturated carbocycles. The summed E-state index contributed by atoms with van der Waals surface area (Å²) < 4.78 is 25.7. The lowest BCUT2D eigenvalue weighted by Gasteiger charge is -2.46. The van der Waals surface area contributed by atoms with E-state index < -0.39 is 34.6 Å². The van der Waals surface area contributed by atoms with Crippen LogP contribution in [0.5, 0.6) is 0 Å². The highest BCUT2D eigenvalue weighted by molar-refractivity contribution is 6.83. The van der Waals surface area contributed by atoms with E-state index in [1.54, 1.807) is 4.90 Å². The van der Waals surface area contributed by atoms with Gasteiger partial charge in [-0.2, -0.15) is 0 Å². The number of carbonyl (C=O) groups is 2. The Balaban J connectivity index is 2.88. The van der Waals surface area contributed by atoms with Crippen LogP contribution >= 0.6 is 0 Å². The molecule has 0 spiro atoms. The molecule has 51 heavy (non-hydrogen) atoms. The summed E-state index contributed by atoms with van der Waals surface area (Å²) in [5.74, 6) is 3.50. The van der Waals surface area contributed by atoms with Gasteiger partial charge in [-0.25, -0.2) is 9.59 Å². The summed E-state index contributed by atoms with van der Waals surface area (Å²) in [4.78, 5) is 29.7. The van der Waals surface area contributed by atoms with E-state index in [9.17, 15) is 9.59 Å². The van der Waals surface area contributed by atoms with E-state index in [0.29, 0.717) is 24.4 Å². The van der Waals surface area contributed by atoms with Crippen LogP contribution in [0, 0.1) is 35.1 Å². The number of ether oxygens (including phenoxy) is 3. The molecule has 0 N–H and O–H groups in total. The summed E-state index contributed by atoms with van der Waals surface area (Å²) in [6.45, 7) is 34.9. The topological polar surface area (TPSA) is 74.3 Å². The number of carbonyl (C=O) groups excluding carboxylic acids is 2. The second kappa shape index (κ2) is 18.4. The molecule has 1 aliphatic carbocycles. The molecule has 1 aromatic carbocycles. The van der Waals surface area contributed by atoms with Crippen molar-refractivity contribution in [2.75, 3.05) is 13.7 Å². The lowest BCUT2D eigenvalue weighted by Crippen LogP contribution is -2.48. The maximum absolute atomic E-state index is 14.2. The number of amides is 1. The fourth-order valence-corrected chi connectivity index (χ4v) is 8.16. The van der Waals surface area contributed by atoms with Crippen molar-refractivity contribution in [1.29, 1.82) is 0 Å². The molecule has 286 valence electrons. The maximum Gasteiger partial charge on any atom is 0.415 e. The molecule has 0 heterocycles. The van der Waals surface area contributed by atoms with Crippen molar-refractivity contribution >= 4 is 28.5 Å².